The Labute approximate surface area is 154 Å². The van der Waals surface area contributed by atoms with Crippen LogP contribution in [0.5, 0.6) is 0 Å². The Kier molecular flexibility index (Phi) is 5.79. The van der Waals surface area contributed by atoms with Gasteiger partial charge in [0.1, 0.15) is 5.82 Å². The normalized spacial score (nSPS) is 22.9. The van der Waals surface area contributed by atoms with Gasteiger partial charge >= 0.3 is 6.03 Å². The molecule has 3 rings (SSSR count). The molecular formula is C20H28FN3O2. The van der Waals surface area contributed by atoms with Crippen molar-refractivity contribution in [3.63, 3.8) is 0 Å². The van der Waals surface area contributed by atoms with Gasteiger partial charge in [0.15, 0.2) is 0 Å². The van der Waals surface area contributed by atoms with Gasteiger partial charge in [-0.1, -0.05) is 25.5 Å². The molecule has 26 heavy (non-hydrogen) atoms. The van der Waals surface area contributed by atoms with Gasteiger partial charge in [0.2, 0.25) is 5.91 Å². The smallest absolute Gasteiger partial charge is 0.317 e. The van der Waals surface area contributed by atoms with Gasteiger partial charge in [0, 0.05) is 32.7 Å². The van der Waals surface area contributed by atoms with Gasteiger partial charge in [-0.05, 0) is 43.4 Å². The average molecular weight is 361 g/mol. The van der Waals surface area contributed by atoms with Gasteiger partial charge in [-0.25, -0.2) is 9.18 Å². The number of halogens is 1. The van der Waals surface area contributed by atoms with Crippen LogP contribution < -0.4 is 5.32 Å². The van der Waals surface area contributed by atoms with Crippen LogP contribution in [-0.2, 0) is 11.3 Å². The molecule has 2 saturated heterocycles. The number of piperidine rings is 1. The molecule has 1 unspecified atom stereocenters. The zero-order chi connectivity index (χ0) is 18.6. The molecule has 5 nitrogen and oxygen atoms in total. The zero-order valence-corrected chi connectivity index (χ0v) is 15.5. The van der Waals surface area contributed by atoms with Crippen molar-refractivity contribution in [3.8, 4) is 0 Å². The Morgan fingerprint density at radius 1 is 1.23 bits per heavy atom. The van der Waals surface area contributed by atoms with Gasteiger partial charge in [0.25, 0.3) is 0 Å². The molecule has 1 aromatic rings. The molecule has 3 amide bonds. The lowest BCUT2D eigenvalue weighted by Crippen LogP contribution is -2.50. The molecule has 2 aliphatic heterocycles. The number of nitrogens with one attached hydrogen (secondary N) is 1. The van der Waals surface area contributed by atoms with Crippen molar-refractivity contribution in [1.29, 1.82) is 0 Å². The van der Waals surface area contributed by atoms with Crippen molar-refractivity contribution >= 4 is 11.9 Å². The van der Waals surface area contributed by atoms with E-state index in [1.165, 1.54) is 12.1 Å². The first-order valence-electron chi connectivity index (χ1n) is 9.61. The molecule has 2 aliphatic rings. The second-order valence-corrected chi connectivity index (χ2v) is 7.49. The Bertz CT molecular complexity index is 649. The van der Waals surface area contributed by atoms with Crippen molar-refractivity contribution in [2.24, 2.45) is 5.41 Å². The van der Waals surface area contributed by atoms with Crippen LogP contribution in [0.15, 0.2) is 24.3 Å². The highest BCUT2D eigenvalue weighted by Gasteiger charge is 2.49. The van der Waals surface area contributed by atoms with Crippen LogP contribution >= 0.6 is 0 Å². The predicted octanol–water partition coefficient (Wildman–Crippen LogP) is 3.15. The molecule has 6 heteroatoms. The number of hydrogen-bond acceptors (Lipinski definition) is 2. The van der Waals surface area contributed by atoms with Gasteiger partial charge < -0.3 is 15.1 Å². The maximum absolute atomic E-state index is 13.1. The van der Waals surface area contributed by atoms with Crippen LogP contribution in [0.3, 0.4) is 0 Å². The minimum absolute atomic E-state index is 0.0567. The number of benzene rings is 1. The van der Waals surface area contributed by atoms with Crippen LogP contribution in [0.4, 0.5) is 9.18 Å². The number of unbranched alkanes of at least 4 members (excludes halogenated alkanes) is 1. The fourth-order valence-electron chi connectivity index (χ4n) is 4.02. The summed E-state index contributed by atoms with van der Waals surface area (Å²) in [6.45, 7) is 5.14. The molecule has 0 aromatic heterocycles. The van der Waals surface area contributed by atoms with Gasteiger partial charge in [-0.3, -0.25) is 4.79 Å². The highest BCUT2D eigenvalue weighted by molar-refractivity contribution is 5.85. The monoisotopic (exact) mass is 361 g/mol. The molecule has 0 saturated carbocycles. The molecule has 1 N–H and O–H groups in total. The number of nitrogens with zero attached hydrogens (tertiary/aromatic N) is 2. The molecular weight excluding hydrogens is 333 g/mol. The first-order valence-corrected chi connectivity index (χ1v) is 9.61. The molecule has 0 aliphatic carbocycles. The minimum atomic E-state index is -0.444. The summed E-state index contributed by atoms with van der Waals surface area (Å²) in [4.78, 5) is 29.1. The van der Waals surface area contributed by atoms with Crippen LogP contribution in [0.1, 0.15) is 44.6 Å². The number of carbonyl (C=O) groups excluding carboxylic acids is 2. The molecule has 2 heterocycles. The highest BCUT2D eigenvalue weighted by Crippen LogP contribution is 2.40. The van der Waals surface area contributed by atoms with Crippen molar-refractivity contribution in [1.82, 2.24) is 15.1 Å². The Morgan fingerprint density at radius 2 is 2.00 bits per heavy atom. The summed E-state index contributed by atoms with van der Waals surface area (Å²) in [5.41, 5.74) is 0.490. The lowest BCUT2D eigenvalue weighted by atomic mass is 9.78. The maximum Gasteiger partial charge on any atom is 0.317 e. The van der Waals surface area contributed by atoms with Crippen LogP contribution in [0.2, 0.25) is 0 Å². The number of hydrogen-bond donors (Lipinski definition) is 1. The van der Waals surface area contributed by atoms with E-state index in [1.807, 2.05) is 4.90 Å². The number of carbonyl (C=O) groups is 2. The summed E-state index contributed by atoms with van der Waals surface area (Å²) in [5, 5.41) is 2.95. The largest absolute Gasteiger partial charge is 0.338 e. The van der Waals surface area contributed by atoms with Crippen LogP contribution in [0.25, 0.3) is 0 Å². The topological polar surface area (TPSA) is 52.7 Å². The fourth-order valence-corrected chi connectivity index (χ4v) is 4.02. The van der Waals surface area contributed by atoms with Crippen molar-refractivity contribution in [2.45, 2.75) is 45.6 Å². The molecule has 142 valence electrons. The summed E-state index contributed by atoms with van der Waals surface area (Å²) in [7, 11) is 0. The molecule has 2 fully saturated rings. The third-order valence-electron chi connectivity index (χ3n) is 5.56. The third-order valence-corrected chi connectivity index (χ3v) is 5.56. The number of urea groups is 1. The summed E-state index contributed by atoms with van der Waals surface area (Å²) >= 11 is 0. The van der Waals surface area contributed by atoms with Crippen molar-refractivity contribution < 1.29 is 14.0 Å². The average Bonchev–Trinajstić information content (AvgIpc) is 3.06. The van der Waals surface area contributed by atoms with E-state index in [-0.39, 0.29) is 17.8 Å². The van der Waals surface area contributed by atoms with E-state index in [1.54, 1.807) is 17.0 Å². The highest BCUT2D eigenvalue weighted by atomic mass is 19.1. The number of rotatable bonds is 5. The lowest BCUT2D eigenvalue weighted by molar-refractivity contribution is -0.146. The van der Waals surface area contributed by atoms with Crippen molar-refractivity contribution in [2.75, 3.05) is 26.2 Å². The van der Waals surface area contributed by atoms with Gasteiger partial charge in [-0.15, -0.1) is 0 Å². The molecule has 0 radical (unpaired) electrons. The standard InChI is InChI=1S/C20H28FN3O2/c1-2-3-11-22-19(26)24-13-10-20(15-24)9-4-12-23(18(20)25)14-16-5-7-17(21)8-6-16/h5-8H,2-4,9-15H2,1H3,(H,22,26). The Hall–Kier alpha value is -2.11. The first-order chi connectivity index (χ1) is 12.5. The predicted molar refractivity (Wildman–Crippen MR) is 98.0 cm³/mol. The minimum Gasteiger partial charge on any atom is -0.338 e. The SMILES string of the molecule is CCCCNC(=O)N1CCC2(CCCN(Cc3ccc(F)cc3)C2=O)C1. The first kappa shape index (κ1) is 18.7. The van der Waals surface area contributed by atoms with E-state index in [9.17, 15) is 14.0 Å². The van der Waals surface area contributed by atoms with Crippen LogP contribution in [-0.4, -0.2) is 47.9 Å². The molecule has 0 bridgehead atoms. The second-order valence-electron chi connectivity index (χ2n) is 7.49. The molecule has 1 atom stereocenters. The van der Waals surface area contributed by atoms with Gasteiger partial charge in [-0.2, -0.15) is 0 Å². The van der Waals surface area contributed by atoms with Crippen LogP contribution in [0, 0.1) is 11.2 Å². The maximum atomic E-state index is 13.1. The Morgan fingerprint density at radius 3 is 2.73 bits per heavy atom. The second kappa shape index (κ2) is 8.06. The summed E-state index contributed by atoms with van der Waals surface area (Å²) in [5.74, 6) is -0.132. The van der Waals surface area contributed by atoms with Gasteiger partial charge in [0.05, 0.1) is 5.41 Å². The summed E-state index contributed by atoms with van der Waals surface area (Å²) in [6, 6.07) is 6.26. The Balaban J connectivity index is 1.62. The van der Waals surface area contributed by atoms with E-state index in [2.05, 4.69) is 12.2 Å². The summed E-state index contributed by atoms with van der Waals surface area (Å²) in [6.07, 6.45) is 4.52. The van der Waals surface area contributed by atoms with E-state index >= 15 is 0 Å². The number of amides is 3. The van der Waals surface area contributed by atoms with Crippen molar-refractivity contribution in [3.05, 3.63) is 35.6 Å². The fraction of sp³-hybridized carbons (Fsp3) is 0.600. The lowest BCUT2D eigenvalue weighted by Gasteiger charge is -2.39. The zero-order valence-electron chi connectivity index (χ0n) is 15.5. The van der Waals surface area contributed by atoms with E-state index in [0.717, 1.165) is 44.2 Å². The quantitative estimate of drug-likeness (QED) is 0.819. The third kappa shape index (κ3) is 4.00. The number of likely N-dealkylation sites (tertiary alicyclic amines) is 2. The summed E-state index contributed by atoms with van der Waals surface area (Å²) < 4.78 is 13.1. The molecule has 1 spiro atoms. The van der Waals surface area contributed by atoms with E-state index in [0.29, 0.717) is 26.2 Å². The molecule has 1 aromatic carbocycles. The van der Waals surface area contributed by atoms with E-state index in [4.69, 9.17) is 0 Å². The van der Waals surface area contributed by atoms with E-state index < -0.39 is 5.41 Å².